The molecule has 1 aromatic rings. The van der Waals surface area contributed by atoms with Crippen LogP contribution in [0.3, 0.4) is 0 Å². The Morgan fingerprint density at radius 3 is 3.07 bits per heavy atom. The molecular weight excluding hydrogens is 230 g/mol. The van der Waals surface area contributed by atoms with Crippen LogP contribution >= 0.6 is 23.1 Å². The topological polar surface area (TPSA) is 47.0 Å². The first kappa shape index (κ1) is 11.2. The molecule has 2 unspecified atom stereocenters. The number of aromatic nitrogens is 2. The highest BCUT2D eigenvalue weighted by Crippen LogP contribution is 2.30. The second kappa shape index (κ2) is 5.14. The summed E-state index contributed by atoms with van der Waals surface area (Å²) >= 11 is 3.55. The van der Waals surface area contributed by atoms with Gasteiger partial charge in [-0.1, -0.05) is 11.3 Å². The van der Waals surface area contributed by atoms with Gasteiger partial charge in [-0.3, -0.25) is 0 Å². The number of nitrogens with zero attached hydrogens (tertiary/aromatic N) is 2. The van der Waals surface area contributed by atoms with Gasteiger partial charge in [-0.2, -0.15) is 0 Å². The predicted octanol–water partition coefficient (Wildman–Crippen LogP) is 1.99. The van der Waals surface area contributed by atoms with Gasteiger partial charge >= 0.3 is 0 Å². The lowest BCUT2D eigenvalue weighted by Gasteiger charge is -2.11. The number of anilines is 1. The normalized spacial score (nSPS) is 25.7. The molecule has 0 aromatic carbocycles. The minimum absolute atomic E-state index is 0.381. The maximum absolute atomic E-state index is 5.51. The van der Waals surface area contributed by atoms with Crippen molar-refractivity contribution in [3.8, 4) is 0 Å². The van der Waals surface area contributed by atoms with Gasteiger partial charge in [-0.15, -0.1) is 22.0 Å². The minimum atomic E-state index is 0.381. The van der Waals surface area contributed by atoms with E-state index in [0.29, 0.717) is 11.4 Å². The first-order chi connectivity index (χ1) is 7.29. The van der Waals surface area contributed by atoms with Gasteiger partial charge in [0.1, 0.15) is 5.01 Å². The molecule has 2 heterocycles. The van der Waals surface area contributed by atoms with E-state index >= 15 is 0 Å². The zero-order valence-corrected chi connectivity index (χ0v) is 10.5. The van der Waals surface area contributed by atoms with Crippen LogP contribution in [0.2, 0.25) is 0 Å². The second-order valence-corrected chi connectivity index (χ2v) is 5.75. The van der Waals surface area contributed by atoms with Crippen LogP contribution in [-0.2, 0) is 10.5 Å². The Bertz CT molecular complexity index is 318. The average Bonchev–Trinajstić information content (AvgIpc) is 2.84. The van der Waals surface area contributed by atoms with Crippen molar-refractivity contribution in [2.75, 3.05) is 19.0 Å². The van der Waals surface area contributed by atoms with Crippen molar-refractivity contribution < 1.29 is 4.74 Å². The van der Waals surface area contributed by atoms with Gasteiger partial charge in [0.05, 0.1) is 6.10 Å². The van der Waals surface area contributed by atoms with Gasteiger partial charge in [0.15, 0.2) is 0 Å². The Morgan fingerprint density at radius 1 is 1.60 bits per heavy atom. The van der Waals surface area contributed by atoms with E-state index in [0.717, 1.165) is 28.9 Å². The molecule has 1 aliphatic rings. The Hall–Kier alpha value is -0.330. The van der Waals surface area contributed by atoms with Gasteiger partial charge in [-0.25, -0.2) is 0 Å². The maximum Gasteiger partial charge on any atom is 0.205 e. The van der Waals surface area contributed by atoms with Gasteiger partial charge in [0.25, 0.3) is 0 Å². The number of ether oxygens (including phenoxy) is 1. The second-order valence-electron chi connectivity index (χ2n) is 3.46. The van der Waals surface area contributed by atoms with E-state index in [1.165, 1.54) is 0 Å². The van der Waals surface area contributed by atoms with Crippen LogP contribution in [0, 0.1) is 0 Å². The summed E-state index contributed by atoms with van der Waals surface area (Å²) in [4.78, 5) is 0. The molecule has 6 heteroatoms. The van der Waals surface area contributed by atoms with Crippen LogP contribution in [-0.4, -0.2) is 35.2 Å². The zero-order chi connectivity index (χ0) is 10.7. The van der Waals surface area contributed by atoms with Crippen molar-refractivity contribution in [3.63, 3.8) is 0 Å². The summed E-state index contributed by atoms with van der Waals surface area (Å²) in [7, 11) is 1.87. The fourth-order valence-corrected chi connectivity index (χ4v) is 3.48. The molecule has 1 N–H and O–H groups in total. The molecule has 1 aromatic heterocycles. The molecule has 0 saturated carbocycles. The van der Waals surface area contributed by atoms with Crippen molar-refractivity contribution in [2.24, 2.45) is 0 Å². The summed E-state index contributed by atoms with van der Waals surface area (Å²) in [5, 5.41) is 13.7. The molecule has 0 aliphatic carbocycles. The van der Waals surface area contributed by atoms with Crippen LogP contribution in [0.4, 0.5) is 5.13 Å². The van der Waals surface area contributed by atoms with E-state index in [1.54, 1.807) is 11.3 Å². The Balaban J connectivity index is 1.82. The molecular formula is C9H15N3OS2. The lowest BCUT2D eigenvalue weighted by molar-refractivity contribution is 0.127. The van der Waals surface area contributed by atoms with Crippen LogP contribution in [0.15, 0.2) is 0 Å². The highest BCUT2D eigenvalue weighted by atomic mass is 32.2. The molecule has 4 nitrogen and oxygen atoms in total. The van der Waals surface area contributed by atoms with Gasteiger partial charge < -0.3 is 10.1 Å². The van der Waals surface area contributed by atoms with Crippen molar-refractivity contribution in [1.82, 2.24) is 10.2 Å². The standard InChI is InChI=1S/C9H15N3OS2/c1-6-7(3-4-13-6)14-5-8-11-12-9(10-2)15-8/h6-7H,3-5H2,1-2H3,(H,10,12). The zero-order valence-electron chi connectivity index (χ0n) is 8.90. The molecule has 1 fully saturated rings. The van der Waals surface area contributed by atoms with E-state index in [-0.39, 0.29) is 0 Å². The number of rotatable bonds is 4. The Labute approximate surface area is 97.8 Å². The Morgan fingerprint density at radius 2 is 2.47 bits per heavy atom. The molecule has 1 saturated heterocycles. The van der Waals surface area contributed by atoms with Crippen molar-refractivity contribution >= 4 is 28.2 Å². The Kier molecular flexibility index (Phi) is 3.82. The SMILES string of the molecule is CNc1nnc(CSC2CCOC2C)s1. The van der Waals surface area contributed by atoms with Crippen LogP contribution in [0.5, 0.6) is 0 Å². The third-order valence-corrected chi connectivity index (χ3v) is 5.02. The number of hydrogen-bond donors (Lipinski definition) is 1. The first-order valence-electron chi connectivity index (χ1n) is 5.03. The van der Waals surface area contributed by atoms with E-state index < -0.39 is 0 Å². The van der Waals surface area contributed by atoms with Crippen LogP contribution in [0.1, 0.15) is 18.4 Å². The molecule has 84 valence electrons. The third kappa shape index (κ3) is 2.83. The lowest BCUT2D eigenvalue weighted by atomic mass is 10.3. The van der Waals surface area contributed by atoms with E-state index in [4.69, 9.17) is 4.74 Å². The number of thioether (sulfide) groups is 1. The van der Waals surface area contributed by atoms with Crippen LogP contribution in [0.25, 0.3) is 0 Å². The summed E-state index contributed by atoms with van der Waals surface area (Å²) in [6, 6.07) is 0. The molecule has 0 bridgehead atoms. The monoisotopic (exact) mass is 245 g/mol. The van der Waals surface area contributed by atoms with E-state index in [2.05, 4.69) is 22.4 Å². The number of nitrogens with one attached hydrogen (secondary N) is 1. The average molecular weight is 245 g/mol. The van der Waals surface area contributed by atoms with Crippen LogP contribution < -0.4 is 5.32 Å². The largest absolute Gasteiger partial charge is 0.377 e. The van der Waals surface area contributed by atoms with Gasteiger partial charge in [0.2, 0.25) is 5.13 Å². The van der Waals surface area contributed by atoms with E-state index in [9.17, 15) is 0 Å². The van der Waals surface area contributed by atoms with E-state index in [1.807, 2.05) is 18.8 Å². The smallest absolute Gasteiger partial charge is 0.205 e. The summed E-state index contributed by atoms with van der Waals surface area (Å²) in [5.41, 5.74) is 0. The predicted molar refractivity (Wildman–Crippen MR) is 64.6 cm³/mol. The minimum Gasteiger partial charge on any atom is -0.377 e. The third-order valence-electron chi connectivity index (χ3n) is 2.41. The number of hydrogen-bond acceptors (Lipinski definition) is 6. The quantitative estimate of drug-likeness (QED) is 0.879. The molecule has 2 atom stereocenters. The molecule has 0 spiro atoms. The van der Waals surface area contributed by atoms with Gasteiger partial charge in [-0.05, 0) is 13.3 Å². The maximum atomic E-state index is 5.51. The summed E-state index contributed by atoms with van der Waals surface area (Å²) in [6.45, 7) is 3.04. The fraction of sp³-hybridized carbons (Fsp3) is 0.778. The molecule has 1 aliphatic heterocycles. The molecule has 15 heavy (non-hydrogen) atoms. The summed E-state index contributed by atoms with van der Waals surface area (Å²) in [6.07, 6.45) is 1.54. The summed E-state index contributed by atoms with van der Waals surface area (Å²) < 4.78 is 5.51. The first-order valence-corrected chi connectivity index (χ1v) is 6.89. The highest BCUT2D eigenvalue weighted by molar-refractivity contribution is 7.99. The van der Waals surface area contributed by atoms with Crippen molar-refractivity contribution in [1.29, 1.82) is 0 Å². The fourth-order valence-electron chi connectivity index (χ4n) is 1.52. The van der Waals surface area contributed by atoms with Gasteiger partial charge in [0, 0.05) is 24.7 Å². The molecule has 2 rings (SSSR count). The van der Waals surface area contributed by atoms with Crippen molar-refractivity contribution in [3.05, 3.63) is 5.01 Å². The lowest BCUT2D eigenvalue weighted by Crippen LogP contribution is -2.13. The highest BCUT2D eigenvalue weighted by Gasteiger charge is 2.24. The molecule has 0 amide bonds. The molecule has 0 radical (unpaired) electrons. The summed E-state index contributed by atoms with van der Waals surface area (Å²) in [5.74, 6) is 0.942. The van der Waals surface area contributed by atoms with Crippen molar-refractivity contribution in [2.45, 2.75) is 30.5 Å².